The van der Waals surface area contributed by atoms with Crippen molar-refractivity contribution < 1.29 is 4.42 Å². The van der Waals surface area contributed by atoms with E-state index >= 15 is 0 Å². The smallest absolute Gasteiger partial charge is 0.293 e. The second-order valence-corrected chi connectivity index (χ2v) is 1.94. The highest BCUT2D eigenvalue weighted by Gasteiger charge is 1.98. The van der Waals surface area contributed by atoms with Crippen LogP contribution in [0.2, 0.25) is 0 Å². The summed E-state index contributed by atoms with van der Waals surface area (Å²) in [5, 5.41) is 0. The van der Waals surface area contributed by atoms with Crippen molar-refractivity contribution in [3.05, 3.63) is 24.3 Å². The van der Waals surface area contributed by atoms with Gasteiger partial charge in [0.2, 0.25) is 0 Å². The van der Waals surface area contributed by atoms with Gasteiger partial charge < -0.3 is 10.2 Å². The Hall–Kier alpha value is -1.51. The van der Waals surface area contributed by atoms with Gasteiger partial charge in [-0.1, -0.05) is 12.1 Å². The summed E-state index contributed by atoms with van der Waals surface area (Å²) < 4.78 is 4.98. The third-order valence-corrected chi connectivity index (χ3v) is 1.23. The van der Waals surface area contributed by atoms with Crippen LogP contribution in [-0.4, -0.2) is 4.98 Å². The van der Waals surface area contributed by atoms with E-state index in [0.29, 0.717) is 5.58 Å². The van der Waals surface area contributed by atoms with Gasteiger partial charge in [-0.3, -0.25) is 0 Å². The largest absolute Gasteiger partial charge is 0.423 e. The van der Waals surface area contributed by atoms with E-state index in [-0.39, 0.29) is 6.01 Å². The van der Waals surface area contributed by atoms with Gasteiger partial charge in [-0.2, -0.15) is 4.98 Å². The van der Waals surface area contributed by atoms with Crippen LogP contribution in [0.4, 0.5) is 6.01 Å². The second-order valence-electron chi connectivity index (χ2n) is 1.94. The number of para-hydroxylation sites is 1. The summed E-state index contributed by atoms with van der Waals surface area (Å²) in [7, 11) is 0. The number of hydrogen-bond donors (Lipinski definition) is 1. The first-order chi connectivity index (χ1) is 4.86. The van der Waals surface area contributed by atoms with Crippen molar-refractivity contribution in [2.45, 2.75) is 0 Å². The molecule has 2 aromatic rings. The number of oxazole rings is 1. The Bertz CT molecular complexity index is 320. The molecule has 49 valence electrons. The molecule has 0 atom stereocenters. The van der Waals surface area contributed by atoms with Gasteiger partial charge >= 0.3 is 0 Å². The van der Waals surface area contributed by atoms with Crippen molar-refractivity contribution in [3.8, 4) is 0 Å². The molecule has 0 aliphatic rings. The number of nitrogen functional groups attached to an aromatic ring is 1. The van der Waals surface area contributed by atoms with E-state index in [1.54, 1.807) is 6.07 Å². The molecular formula is C7H5N2O. The molecule has 0 aliphatic carbocycles. The Labute approximate surface area is 57.5 Å². The molecule has 1 aromatic heterocycles. The highest BCUT2D eigenvalue weighted by molar-refractivity contribution is 5.72. The molecule has 0 amide bonds. The van der Waals surface area contributed by atoms with Gasteiger partial charge in [-0.05, 0) is 6.07 Å². The number of benzene rings is 1. The van der Waals surface area contributed by atoms with E-state index in [9.17, 15) is 0 Å². The Kier molecular flexibility index (Phi) is 0.917. The Morgan fingerprint density at radius 3 is 3.30 bits per heavy atom. The lowest BCUT2D eigenvalue weighted by Gasteiger charge is -1.78. The standard InChI is InChI=1S/C7H5N2O/c8-7-9-5-3-1-2-4-6(5)10-7/h1-3H,(H2,8,9). The first-order valence-corrected chi connectivity index (χ1v) is 2.89. The molecule has 0 saturated heterocycles. The van der Waals surface area contributed by atoms with E-state index in [0.717, 1.165) is 5.52 Å². The van der Waals surface area contributed by atoms with Gasteiger partial charge in [0, 0.05) is 6.07 Å². The maximum absolute atomic E-state index is 5.29. The fourth-order valence-corrected chi connectivity index (χ4v) is 0.829. The molecule has 2 N–H and O–H groups in total. The predicted molar refractivity (Wildman–Crippen MR) is 37.3 cm³/mol. The highest BCUT2D eigenvalue weighted by atomic mass is 16.4. The van der Waals surface area contributed by atoms with Crippen LogP contribution in [0.15, 0.2) is 22.6 Å². The maximum Gasteiger partial charge on any atom is 0.293 e. The summed E-state index contributed by atoms with van der Waals surface area (Å²) in [4.78, 5) is 3.89. The van der Waals surface area contributed by atoms with Crippen LogP contribution >= 0.6 is 0 Å². The summed E-state index contributed by atoms with van der Waals surface area (Å²) in [6.45, 7) is 0. The van der Waals surface area contributed by atoms with Gasteiger partial charge in [0.15, 0.2) is 5.58 Å². The van der Waals surface area contributed by atoms with Crippen LogP contribution in [0.1, 0.15) is 0 Å². The summed E-state index contributed by atoms with van der Waals surface area (Å²) in [6.07, 6.45) is 0. The molecule has 1 radical (unpaired) electrons. The van der Waals surface area contributed by atoms with Crippen LogP contribution < -0.4 is 5.73 Å². The number of nitrogens with zero attached hydrogens (tertiary/aromatic N) is 1. The zero-order chi connectivity index (χ0) is 6.97. The lowest BCUT2D eigenvalue weighted by atomic mass is 10.3. The molecule has 0 bridgehead atoms. The predicted octanol–water partition coefficient (Wildman–Crippen LogP) is 1.21. The minimum Gasteiger partial charge on any atom is -0.423 e. The van der Waals surface area contributed by atoms with Crippen molar-refractivity contribution in [2.75, 3.05) is 5.73 Å². The first-order valence-electron chi connectivity index (χ1n) is 2.89. The summed E-state index contributed by atoms with van der Waals surface area (Å²) in [5.41, 5.74) is 6.65. The summed E-state index contributed by atoms with van der Waals surface area (Å²) >= 11 is 0. The van der Waals surface area contributed by atoms with Crippen LogP contribution in [0.25, 0.3) is 11.1 Å². The monoisotopic (exact) mass is 133 g/mol. The number of rotatable bonds is 0. The topological polar surface area (TPSA) is 52.0 Å². The van der Waals surface area contributed by atoms with E-state index in [1.165, 1.54) is 0 Å². The molecule has 0 spiro atoms. The van der Waals surface area contributed by atoms with Crippen molar-refractivity contribution in [3.63, 3.8) is 0 Å². The Morgan fingerprint density at radius 2 is 2.50 bits per heavy atom. The highest BCUT2D eigenvalue weighted by Crippen LogP contribution is 2.14. The number of nitrogens with two attached hydrogens (primary N) is 1. The maximum atomic E-state index is 5.29. The quantitative estimate of drug-likeness (QED) is 0.587. The average molecular weight is 133 g/mol. The zero-order valence-corrected chi connectivity index (χ0v) is 5.16. The number of fused-ring (bicyclic) bond motifs is 1. The normalized spacial score (nSPS) is 10.4. The minimum atomic E-state index is 0.192. The zero-order valence-electron chi connectivity index (χ0n) is 5.16. The summed E-state index contributed by atoms with van der Waals surface area (Å²) in [6, 6.07) is 8.47. The lowest BCUT2D eigenvalue weighted by Crippen LogP contribution is -1.80. The molecular weight excluding hydrogens is 128 g/mol. The van der Waals surface area contributed by atoms with Crippen molar-refractivity contribution in [1.82, 2.24) is 4.98 Å². The first kappa shape index (κ1) is 5.29. The van der Waals surface area contributed by atoms with E-state index in [4.69, 9.17) is 10.2 Å². The fraction of sp³-hybridized carbons (Fsp3) is 0. The molecule has 1 aromatic carbocycles. The lowest BCUT2D eigenvalue weighted by molar-refractivity contribution is 0.625. The molecule has 0 saturated carbocycles. The van der Waals surface area contributed by atoms with Crippen LogP contribution in [0.5, 0.6) is 0 Å². The SMILES string of the molecule is Nc1nc2ccc[c]c2o1. The Morgan fingerprint density at radius 1 is 1.60 bits per heavy atom. The van der Waals surface area contributed by atoms with Crippen molar-refractivity contribution in [1.29, 1.82) is 0 Å². The molecule has 0 fully saturated rings. The third-order valence-electron chi connectivity index (χ3n) is 1.23. The Balaban J connectivity index is 2.88. The molecule has 0 aliphatic heterocycles. The van der Waals surface area contributed by atoms with Crippen LogP contribution in [0, 0.1) is 6.07 Å². The molecule has 10 heavy (non-hydrogen) atoms. The summed E-state index contributed by atoms with van der Waals surface area (Å²) in [5.74, 6) is 0. The molecule has 3 nitrogen and oxygen atoms in total. The van der Waals surface area contributed by atoms with Crippen molar-refractivity contribution >= 4 is 17.1 Å². The minimum absolute atomic E-state index is 0.192. The fourth-order valence-electron chi connectivity index (χ4n) is 0.829. The molecule has 0 unspecified atom stereocenters. The molecule has 3 heteroatoms. The van der Waals surface area contributed by atoms with Gasteiger partial charge in [-0.25, -0.2) is 0 Å². The van der Waals surface area contributed by atoms with E-state index in [2.05, 4.69) is 11.1 Å². The van der Waals surface area contributed by atoms with Gasteiger partial charge in [-0.15, -0.1) is 0 Å². The van der Waals surface area contributed by atoms with Gasteiger partial charge in [0.1, 0.15) is 5.52 Å². The van der Waals surface area contributed by atoms with Crippen molar-refractivity contribution in [2.24, 2.45) is 0 Å². The van der Waals surface area contributed by atoms with Gasteiger partial charge in [0.25, 0.3) is 6.01 Å². The van der Waals surface area contributed by atoms with Crippen LogP contribution in [-0.2, 0) is 0 Å². The number of aromatic nitrogens is 1. The average Bonchev–Trinajstić information content (AvgIpc) is 2.27. The van der Waals surface area contributed by atoms with Crippen LogP contribution in [0.3, 0.4) is 0 Å². The number of hydrogen-bond acceptors (Lipinski definition) is 3. The second kappa shape index (κ2) is 1.73. The van der Waals surface area contributed by atoms with E-state index < -0.39 is 0 Å². The van der Waals surface area contributed by atoms with E-state index in [1.807, 2.05) is 12.1 Å². The number of anilines is 1. The van der Waals surface area contributed by atoms with Gasteiger partial charge in [0.05, 0.1) is 0 Å². The molecule has 1 heterocycles. The third kappa shape index (κ3) is 0.639. The molecule has 2 rings (SSSR count).